The number of thioether (sulfide) groups is 1. The summed E-state index contributed by atoms with van der Waals surface area (Å²) in [5, 5.41) is 0. The average molecular weight is 381 g/mol. The molecule has 0 atom stereocenters. The van der Waals surface area contributed by atoms with E-state index >= 15 is 0 Å². The van der Waals surface area contributed by atoms with Gasteiger partial charge in [-0.05, 0) is 42.2 Å². The van der Waals surface area contributed by atoms with Gasteiger partial charge >= 0.3 is 0 Å². The van der Waals surface area contributed by atoms with Crippen molar-refractivity contribution in [3.63, 3.8) is 0 Å². The molecule has 1 saturated heterocycles. The normalized spacial score (nSPS) is 16.9. The maximum absolute atomic E-state index is 13.3. The zero-order chi connectivity index (χ0) is 17.9. The highest BCUT2D eigenvalue weighted by atomic mass is 32.2. The molecule has 1 aliphatic rings. The van der Waals surface area contributed by atoms with Crippen molar-refractivity contribution in [2.45, 2.75) is 16.3 Å². The monoisotopic (exact) mass is 380 g/mol. The maximum atomic E-state index is 13.3. The Hall–Kier alpha value is -1.41. The molecule has 2 aromatic carbocycles. The average Bonchev–Trinajstić information content (AvgIpc) is 2.63. The minimum atomic E-state index is -3.63. The quantitative estimate of drug-likeness (QED) is 0.748. The number of hydrogen-bond donors (Lipinski definition) is 0. The van der Waals surface area contributed by atoms with Gasteiger partial charge in [-0.25, -0.2) is 12.8 Å². The smallest absolute Gasteiger partial charge is 0.243 e. The van der Waals surface area contributed by atoms with Crippen molar-refractivity contribution in [3.05, 3.63) is 59.9 Å². The molecular formula is C18H21FN2O2S2. The van der Waals surface area contributed by atoms with Gasteiger partial charge < -0.3 is 0 Å². The Balaban J connectivity index is 1.61. The largest absolute Gasteiger partial charge is 0.296 e. The van der Waals surface area contributed by atoms with Gasteiger partial charge in [0.05, 0.1) is 4.90 Å². The second kappa shape index (κ2) is 7.86. The van der Waals surface area contributed by atoms with Crippen LogP contribution in [0.25, 0.3) is 0 Å². The Morgan fingerprint density at radius 3 is 2.32 bits per heavy atom. The molecule has 0 saturated carbocycles. The fraction of sp³-hybridized carbons (Fsp3) is 0.333. The van der Waals surface area contributed by atoms with Crippen molar-refractivity contribution in [2.24, 2.45) is 0 Å². The van der Waals surface area contributed by atoms with Crippen molar-refractivity contribution in [3.8, 4) is 0 Å². The van der Waals surface area contributed by atoms with Crippen LogP contribution in [0.5, 0.6) is 0 Å². The highest BCUT2D eigenvalue weighted by molar-refractivity contribution is 7.98. The van der Waals surface area contributed by atoms with Crippen LogP contribution in [0.4, 0.5) is 4.39 Å². The van der Waals surface area contributed by atoms with E-state index in [9.17, 15) is 12.8 Å². The number of benzene rings is 2. The van der Waals surface area contributed by atoms with Crippen LogP contribution in [-0.2, 0) is 16.6 Å². The van der Waals surface area contributed by atoms with Crippen molar-refractivity contribution in [1.29, 1.82) is 0 Å². The van der Waals surface area contributed by atoms with Gasteiger partial charge in [0.15, 0.2) is 0 Å². The molecule has 4 nitrogen and oxygen atoms in total. The molecule has 0 spiro atoms. The molecule has 1 aliphatic heterocycles. The third kappa shape index (κ3) is 4.41. The van der Waals surface area contributed by atoms with Crippen LogP contribution in [0.1, 0.15) is 5.56 Å². The number of piperazine rings is 1. The Morgan fingerprint density at radius 1 is 1.04 bits per heavy atom. The highest BCUT2D eigenvalue weighted by Gasteiger charge is 2.28. The Kier molecular flexibility index (Phi) is 5.78. The van der Waals surface area contributed by atoms with E-state index in [4.69, 9.17) is 0 Å². The molecule has 1 heterocycles. The highest BCUT2D eigenvalue weighted by Crippen LogP contribution is 2.20. The summed E-state index contributed by atoms with van der Waals surface area (Å²) in [7, 11) is -3.63. The molecule has 0 radical (unpaired) electrons. The number of sulfonamides is 1. The minimum Gasteiger partial charge on any atom is -0.296 e. The summed E-state index contributed by atoms with van der Waals surface area (Å²) in [4.78, 5) is 3.49. The zero-order valence-electron chi connectivity index (χ0n) is 14.1. The topological polar surface area (TPSA) is 40.6 Å². The fourth-order valence-corrected chi connectivity index (χ4v) is 4.76. The van der Waals surface area contributed by atoms with E-state index in [0.29, 0.717) is 26.2 Å². The summed E-state index contributed by atoms with van der Waals surface area (Å²) in [6.07, 6.45) is 2.05. The van der Waals surface area contributed by atoms with Crippen molar-refractivity contribution in [1.82, 2.24) is 9.21 Å². The van der Waals surface area contributed by atoms with E-state index in [1.54, 1.807) is 11.8 Å². The predicted molar refractivity (Wildman–Crippen MR) is 98.7 cm³/mol. The molecule has 1 fully saturated rings. The van der Waals surface area contributed by atoms with Crippen LogP contribution in [0, 0.1) is 5.82 Å². The van der Waals surface area contributed by atoms with Crippen LogP contribution in [0.15, 0.2) is 58.3 Å². The lowest BCUT2D eigenvalue weighted by molar-refractivity contribution is 0.181. The van der Waals surface area contributed by atoms with Gasteiger partial charge in [-0.3, -0.25) is 4.90 Å². The van der Waals surface area contributed by atoms with Crippen LogP contribution in [-0.4, -0.2) is 50.1 Å². The van der Waals surface area contributed by atoms with Gasteiger partial charge in [0.1, 0.15) is 5.82 Å². The fourth-order valence-electron chi connectivity index (χ4n) is 2.89. The van der Waals surface area contributed by atoms with Gasteiger partial charge in [-0.2, -0.15) is 4.31 Å². The van der Waals surface area contributed by atoms with E-state index < -0.39 is 15.8 Å². The van der Waals surface area contributed by atoms with Gasteiger partial charge in [-0.15, -0.1) is 11.8 Å². The molecule has 134 valence electrons. The molecule has 2 aromatic rings. The van der Waals surface area contributed by atoms with Crippen LogP contribution < -0.4 is 0 Å². The van der Waals surface area contributed by atoms with Crippen LogP contribution >= 0.6 is 11.8 Å². The van der Waals surface area contributed by atoms with Gasteiger partial charge in [0.2, 0.25) is 10.0 Å². The molecule has 0 N–H and O–H groups in total. The number of hydrogen-bond acceptors (Lipinski definition) is 4. The Bertz CT molecular complexity index is 817. The van der Waals surface area contributed by atoms with E-state index in [-0.39, 0.29) is 4.90 Å². The van der Waals surface area contributed by atoms with Crippen molar-refractivity contribution < 1.29 is 12.8 Å². The first-order chi connectivity index (χ1) is 12.0. The standard InChI is InChI=1S/C18H21FN2O2S2/c1-24-17-7-5-15(6-8-17)14-20-9-11-21(12-10-20)25(22,23)18-4-2-3-16(19)13-18/h2-8,13H,9-12,14H2,1H3. The van der Waals surface area contributed by atoms with Crippen LogP contribution in [0.3, 0.4) is 0 Å². The molecule has 0 aliphatic carbocycles. The number of rotatable bonds is 5. The van der Waals surface area contributed by atoms with Crippen LogP contribution in [0.2, 0.25) is 0 Å². The predicted octanol–water partition coefficient (Wildman–Crippen LogP) is 3.05. The molecule has 7 heteroatoms. The van der Waals surface area contributed by atoms with Gasteiger partial charge in [-0.1, -0.05) is 18.2 Å². The molecule has 0 bridgehead atoms. The molecule has 25 heavy (non-hydrogen) atoms. The molecular weight excluding hydrogens is 359 g/mol. The molecule has 3 rings (SSSR count). The Morgan fingerprint density at radius 2 is 1.72 bits per heavy atom. The summed E-state index contributed by atoms with van der Waals surface area (Å²) in [5.74, 6) is -0.534. The summed E-state index contributed by atoms with van der Waals surface area (Å²) in [6.45, 7) is 2.98. The first-order valence-corrected chi connectivity index (χ1v) is 10.8. The van der Waals surface area contributed by atoms with E-state index in [0.717, 1.165) is 12.6 Å². The van der Waals surface area contributed by atoms with Gasteiger partial charge in [0.25, 0.3) is 0 Å². The summed E-state index contributed by atoms with van der Waals surface area (Å²) < 4.78 is 40.0. The zero-order valence-corrected chi connectivity index (χ0v) is 15.7. The number of nitrogens with zero attached hydrogens (tertiary/aromatic N) is 2. The summed E-state index contributed by atoms with van der Waals surface area (Å²) in [6, 6.07) is 13.6. The maximum Gasteiger partial charge on any atom is 0.243 e. The van der Waals surface area contributed by atoms with Gasteiger partial charge in [0, 0.05) is 37.6 Å². The first kappa shape index (κ1) is 18.4. The lowest BCUT2D eigenvalue weighted by Gasteiger charge is -2.34. The Labute approximate surface area is 152 Å². The lowest BCUT2D eigenvalue weighted by Crippen LogP contribution is -2.48. The van der Waals surface area contributed by atoms with Crippen molar-refractivity contribution >= 4 is 21.8 Å². The molecule has 0 unspecified atom stereocenters. The molecule has 0 aromatic heterocycles. The first-order valence-electron chi connectivity index (χ1n) is 8.10. The second-order valence-corrected chi connectivity index (χ2v) is 8.80. The van der Waals surface area contributed by atoms with Crippen molar-refractivity contribution in [2.75, 3.05) is 32.4 Å². The number of halogens is 1. The summed E-state index contributed by atoms with van der Waals surface area (Å²) >= 11 is 1.71. The SMILES string of the molecule is CSc1ccc(CN2CCN(S(=O)(=O)c3cccc(F)c3)CC2)cc1. The second-order valence-electron chi connectivity index (χ2n) is 5.99. The molecule has 0 amide bonds. The lowest BCUT2D eigenvalue weighted by atomic mass is 10.2. The van der Waals surface area contributed by atoms with E-state index in [2.05, 4.69) is 29.2 Å². The summed E-state index contributed by atoms with van der Waals surface area (Å²) in [5.41, 5.74) is 1.22. The third-order valence-corrected chi connectivity index (χ3v) is 6.97. The minimum absolute atomic E-state index is 0.0219. The van der Waals surface area contributed by atoms with E-state index in [1.807, 2.05) is 6.26 Å². The van der Waals surface area contributed by atoms with E-state index in [1.165, 1.54) is 33.0 Å². The third-order valence-electron chi connectivity index (χ3n) is 4.33.